The third-order valence-electron chi connectivity index (χ3n) is 5.37. The van der Waals surface area contributed by atoms with Gasteiger partial charge in [0.15, 0.2) is 0 Å². The highest BCUT2D eigenvalue weighted by Crippen LogP contribution is 2.27. The number of hydrogen-bond donors (Lipinski definition) is 0. The topological polar surface area (TPSA) is 34.1 Å². The Kier molecular flexibility index (Phi) is 9.65. The summed E-state index contributed by atoms with van der Waals surface area (Å²) in [5.74, 6) is 0.574. The van der Waals surface area contributed by atoms with Crippen molar-refractivity contribution in [1.82, 2.24) is 0 Å². The fraction of sp³-hybridized carbons (Fsp3) is 0.417. The van der Waals surface area contributed by atoms with E-state index in [2.05, 4.69) is 87.8 Å². The Morgan fingerprint density at radius 1 is 0.852 bits per heavy atom. The standard InChI is InChI=1S/C12H15BrO.C12H16O/c1-8-5-4-6-11(9(8)2)10(3)12(13)7-14;1-9-5-4-6-12(11(9)3)10(2)7-8-13/h4-7,10,12H,1-3H3;4-6,8,10H,7H2,1-3H3. The SMILES string of the molecule is Cc1cccc(C(C)C(Br)C=O)c1C.Cc1cccc(C(C)CC=O)c1C. The van der Waals surface area contributed by atoms with Crippen LogP contribution in [0.5, 0.6) is 0 Å². The number of carbonyl (C=O) groups is 2. The highest BCUT2D eigenvalue weighted by molar-refractivity contribution is 9.10. The molecule has 0 saturated carbocycles. The average Bonchev–Trinajstić information content (AvgIpc) is 2.65. The molecule has 2 aromatic rings. The van der Waals surface area contributed by atoms with Gasteiger partial charge in [-0.25, -0.2) is 0 Å². The van der Waals surface area contributed by atoms with Crippen molar-refractivity contribution in [3.8, 4) is 0 Å². The van der Waals surface area contributed by atoms with E-state index in [-0.39, 0.29) is 10.7 Å². The maximum Gasteiger partial charge on any atom is 0.134 e. The molecule has 3 heteroatoms. The van der Waals surface area contributed by atoms with Gasteiger partial charge in [-0.15, -0.1) is 0 Å². The van der Waals surface area contributed by atoms with Gasteiger partial charge in [-0.05, 0) is 67.0 Å². The van der Waals surface area contributed by atoms with Crippen LogP contribution in [0.15, 0.2) is 36.4 Å². The largest absolute Gasteiger partial charge is 0.303 e. The number of aryl methyl sites for hydroxylation is 2. The number of aldehydes is 2. The highest BCUT2D eigenvalue weighted by atomic mass is 79.9. The van der Waals surface area contributed by atoms with Crippen LogP contribution in [0.25, 0.3) is 0 Å². The number of hydrogen-bond acceptors (Lipinski definition) is 2. The van der Waals surface area contributed by atoms with Crippen LogP contribution in [0.1, 0.15) is 65.5 Å². The number of halogens is 1. The molecule has 0 bridgehead atoms. The molecule has 0 spiro atoms. The smallest absolute Gasteiger partial charge is 0.134 e. The minimum atomic E-state index is -0.0944. The summed E-state index contributed by atoms with van der Waals surface area (Å²) in [5, 5.41) is 0. The molecule has 0 aromatic heterocycles. The highest BCUT2D eigenvalue weighted by Gasteiger charge is 2.17. The number of benzene rings is 2. The second kappa shape index (κ2) is 11.2. The maximum atomic E-state index is 10.7. The summed E-state index contributed by atoms with van der Waals surface area (Å²) in [5.41, 5.74) is 7.73. The van der Waals surface area contributed by atoms with Gasteiger partial charge >= 0.3 is 0 Å². The molecule has 2 rings (SSSR count). The first-order valence-corrected chi connectivity index (χ1v) is 10.3. The molecule has 0 amide bonds. The van der Waals surface area contributed by atoms with Crippen LogP contribution < -0.4 is 0 Å². The molecular weight excluding hydrogens is 400 g/mol. The quantitative estimate of drug-likeness (QED) is 0.394. The van der Waals surface area contributed by atoms with Gasteiger partial charge in [0.05, 0.1) is 4.83 Å². The van der Waals surface area contributed by atoms with Crippen LogP contribution in [0.4, 0.5) is 0 Å². The molecule has 2 aromatic carbocycles. The van der Waals surface area contributed by atoms with E-state index < -0.39 is 0 Å². The van der Waals surface area contributed by atoms with Gasteiger partial charge < -0.3 is 9.59 Å². The van der Waals surface area contributed by atoms with Crippen molar-refractivity contribution in [2.45, 2.75) is 64.6 Å². The molecule has 0 N–H and O–H groups in total. The normalized spacial score (nSPS) is 13.7. The predicted octanol–water partition coefficient (Wildman–Crippen LogP) is 6.37. The second-order valence-electron chi connectivity index (χ2n) is 7.25. The predicted molar refractivity (Wildman–Crippen MR) is 118 cm³/mol. The fourth-order valence-corrected chi connectivity index (χ4v) is 3.42. The van der Waals surface area contributed by atoms with E-state index in [0.717, 1.165) is 12.6 Å². The molecule has 0 heterocycles. The van der Waals surface area contributed by atoms with Crippen LogP contribution in [-0.4, -0.2) is 17.4 Å². The molecular formula is C24H31BrO2. The average molecular weight is 431 g/mol. The van der Waals surface area contributed by atoms with E-state index in [0.29, 0.717) is 12.3 Å². The van der Waals surface area contributed by atoms with Crippen LogP contribution >= 0.6 is 15.9 Å². The summed E-state index contributed by atoms with van der Waals surface area (Å²) in [7, 11) is 0. The summed E-state index contributed by atoms with van der Waals surface area (Å²) in [6, 6.07) is 12.5. The number of alkyl halides is 1. The van der Waals surface area contributed by atoms with Crippen molar-refractivity contribution in [2.24, 2.45) is 0 Å². The zero-order chi connectivity index (χ0) is 20.6. The van der Waals surface area contributed by atoms with Crippen molar-refractivity contribution < 1.29 is 9.59 Å². The molecule has 27 heavy (non-hydrogen) atoms. The van der Waals surface area contributed by atoms with Crippen LogP contribution in [0.3, 0.4) is 0 Å². The van der Waals surface area contributed by atoms with Crippen LogP contribution in [0, 0.1) is 27.7 Å². The first kappa shape index (κ1) is 23.3. The minimum absolute atomic E-state index is 0.0944. The summed E-state index contributed by atoms with van der Waals surface area (Å²) < 4.78 is 0. The molecule has 146 valence electrons. The molecule has 0 aliphatic heterocycles. The second-order valence-corrected chi connectivity index (χ2v) is 8.31. The van der Waals surface area contributed by atoms with E-state index in [1.165, 1.54) is 33.4 Å². The molecule has 2 nitrogen and oxygen atoms in total. The Bertz CT molecular complexity index is 767. The number of carbonyl (C=O) groups excluding carboxylic acids is 2. The van der Waals surface area contributed by atoms with Gasteiger partial charge in [-0.2, -0.15) is 0 Å². The van der Waals surface area contributed by atoms with Crippen LogP contribution in [-0.2, 0) is 9.59 Å². The van der Waals surface area contributed by atoms with Crippen molar-refractivity contribution in [1.29, 1.82) is 0 Å². The molecule has 0 radical (unpaired) electrons. The van der Waals surface area contributed by atoms with E-state index in [1.54, 1.807) is 0 Å². The van der Waals surface area contributed by atoms with Gasteiger partial charge in [0, 0.05) is 12.3 Å². The van der Waals surface area contributed by atoms with E-state index in [4.69, 9.17) is 0 Å². The molecule has 0 aliphatic rings. The first-order chi connectivity index (χ1) is 12.7. The lowest BCUT2D eigenvalue weighted by molar-refractivity contribution is -0.108. The lowest BCUT2D eigenvalue weighted by atomic mass is 9.92. The zero-order valence-electron chi connectivity index (χ0n) is 17.3. The summed E-state index contributed by atoms with van der Waals surface area (Å²) in [4.78, 5) is 21.0. The summed E-state index contributed by atoms with van der Waals surface area (Å²) >= 11 is 3.37. The van der Waals surface area contributed by atoms with Crippen LogP contribution in [0.2, 0.25) is 0 Å². The van der Waals surface area contributed by atoms with Gasteiger partial charge in [-0.1, -0.05) is 66.2 Å². The Labute approximate surface area is 172 Å². The first-order valence-electron chi connectivity index (χ1n) is 9.39. The van der Waals surface area contributed by atoms with Gasteiger partial charge in [0.25, 0.3) is 0 Å². The summed E-state index contributed by atoms with van der Waals surface area (Å²) in [6.45, 7) is 12.6. The lowest BCUT2D eigenvalue weighted by Gasteiger charge is -2.17. The van der Waals surface area contributed by atoms with Gasteiger partial charge in [-0.3, -0.25) is 0 Å². The lowest BCUT2D eigenvalue weighted by Crippen LogP contribution is -2.11. The van der Waals surface area contributed by atoms with E-state index in [1.807, 2.05) is 6.07 Å². The molecule has 3 unspecified atom stereocenters. The van der Waals surface area contributed by atoms with Gasteiger partial charge in [0.2, 0.25) is 0 Å². The molecule has 0 aliphatic carbocycles. The Hall–Kier alpha value is -1.74. The Morgan fingerprint density at radius 3 is 1.81 bits per heavy atom. The van der Waals surface area contributed by atoms with Crippen molar-refractivity contribution >= 4 is 28.5 Å². The third kappa shape index (κ3) is 6.42. The molecule has 0 fully saturated rings. The van der Waals surface area contributed by atoms with E-state index >= 15 is 0 Å². The Morgan fingerprint density at radius 2 is 1.33 bits per heavy atom. The monoisotopic (exact) mass is 430 g/mol. The van der Waals surface area contributed by atoms with Gasteiger partial charge in [0.1, 0.15) is 12.6 Å². The summed E-state index contributed by atoms with van der Waals surface area (Å²) in [6.07, 6.45) is 2.56. The van der Waals surface area contributed by atoms with Crippen molar-refractivity contribution in [3.63, 3.8) is 0 Å². The number of rotatable bonds is 6. The van der Waals surface area contributed by atoms with Crippen molar-refractivity contribution in [2.75, 3.05) is 0 Å². The van der Waals surface area contributed by atoms with Crippen molar-refractivity contribution in [3.05, 3.63) is 69.8 Å². The molecule has 0 saturated heterocycles. The third-order valence-corrected chi connectivity index (χ3v) is 6.38. The zero-order valence-corrected chi connectivity index (χ0v) is 18.8. The minimum Gasteiger partial charge on any atom is -0.303 e. The Balaban J connectivity index is 0.000000271. The fourth-order valence-electron chi connectivity index (χ4n) is 3.14. The maximum absolute atomic E-state index is 10.7. The van der Waals surface area contributed by atoms with E-state index in [9.17, 15) is 9.59 Å². The molecule has 3 atom stereocenters.